The maximum absolute atomic E-state index is 12.1. The molecular weight excluding hydrogens is 276 g/mol. The number of ketones is 1. The van der Waals surface area contributed by atoms with Gasteiger partial charge in [-0.15, -0.1) is 0 Å². The van der Waals surface area contributed by atoms with Crippen molar-refractivity contribution in [1.82, 2.24) is 0 Å². The summed E-state index contributed by atoms with van der Waals surface area (Å²) < 4.78 is 5.59. The minimum Gasteiger partial charge on any atom is -0.508 e. The lowest BCUT2D eigenvalue weighted by atomic mass is 10.1. The molecule has 0 bridgehead atoms. The van der Waals surface area contributed by atoms with E-state index in [0.29, 0.717) is 18.1 Å². The minimum atomic E-state index is -0.0662. The van der Waals surface area contributed by atoms with Crippen molar-refractivity contribution in [2.24, 2.45) is 5.92 Å². The molecule has 0 heterocycles. The Kier molecular flexibility index (Phi) is 5.37. The van der Waals surface area contributed by atoms with E-state index in [2.05, 4.69) is 13.8 Å². The summed E-state index contributed by atoms with van der Waals surface area (Å²) in [5, 5.41) is 9.21. The van der Waals surface area contributed by atoms with Crippen LogP contribution in [0.3, 0.4) is 0 Å². The average Bonchev–Trinajstić information content (AvgIpc) is 2.52. The van der Waals surface area contributed by atoms with Crippen LogP contribution in [0.1, 0.15) is 29.8 Å². The van der Waals surface area contributed by atoms with E-state index in [9.17, 15) is 9.90 Å². The van der Waals surface area contributed by atoms with Crippen molar-refractivity contribution in [2.75, 3.05) is 6.61 Å². The fourth-order valence-electron chi connectivity index (χ4n) is 1.83. The van der Waals surface area contributed by atoms with Gasteiger partial charge in [0.25, 0.3) is 0 Å². The molecule has 0 spiro atoms. The van der Waals surface area contributed by atoms with Crippen molar-refractivity contribution < 1.29 is 14.6 Å². The molecule has 0 aliphatic heterocycles. The zero-order valence-electron chi connectivity index (χ0n) is 12.8. The van der Waals surface area contributed by atoms with Crippen LogP contribution in [0, 0.1) is 5.92 Å². The highest BCUT2D eigenvalue weighted by Crippen LogP contribution is 2.15. The number of benzene rings is 2. The second kappa shape index (κ2) is 7.46. The van der Waals surface area contributed by atoms with Gasteiger partial charge in [0.2, 0.25) is 0 Å². The SMILES string of the molecule is CC(C)COc1ccc(C(=O)/C=C/c2ccc(O)cc2)cc1. The average molecular weight is 296 g/mol. The number of ether oxygens (including phenoxy) is 1. The smallest absolute Gasteiger partial charge is 0.185 e. The zero-order chi connectivity index (χ0) is 15.9. The van der Waals surface area contributed by atoms with Crippen LogP contribution in [-0.4, -0.2) is 17.5 Å². The summed E-state index contributed by atoms with van der Waals surface area (Å²) >= 11 is 0. The summed E-state index contributed by atoms with van der Waals surface area (Å²) in [6.45, 7) is 4.84. The van der Waals surface area contributed by atoms with E-state index >= 15 is 0 Å². The monoisotopic (exact) mass is 296 g/mol. The summed E-state index contributed by atoms with van der Waals surface area (Å²) in [6, 6.07) is 13.8. The van der Waals surface area contributed by atoms with Crippen LogP contribution >= 0.6 is 0 Å². The summed E-state index contributed by atoms with van der Waals surface area (Å²) in [5.41, 5.74) is 1.48. The molecule has 0 aliphatic carbocycles. The third-order valence-corrected chi connectivity index (χ3v) is 3.04. The lowest BCUT2D eigenvalue weighted by molar-refractivity contribution is 0.104. The van der Waals surface area contributed by atoms with Gasteiger partial charge in [-0.2, -0.15) is 0 Å². The van der Waals surface area contributed by atoms with E-state index in [1.165, 1.54) is 6.08 Å². The Morgan fingerprint density at radius 3 is 2.32 bits per heavy atom. The Morgan fingerprint density at radius 2 is 1.73 bits per heavy atom. The number of phenols is 1. The van der Waals surface area contributed by atoms with Crippen molar-refractivity contribution in [3.8, 4) is 11.5 Å². The van der Waals surface area contributed by atoms with E-state index in [1.54, 1.807) is 42.5 Å². The Hall–Kier alpha value is -2.55. The number of carbonyl (C=O) groups excluding carboxylic acids is 1. The van der Waals surface area contributed by atoms with Crippen LogP contribution in [-0.2, 0) is 0 Å². The molecule has 2 aromatic carbocycles. The normalized spacial score (nSPS) is 11.0. The van der Waals surface area contributed by atoms with Crippen molar-refractivity contribution in [2.45, 2.75) is 13.8 Å². The molecule has 0 amide bonds. The van der Waals surface area contributed by atoms with Crippen LogP contribution in [0.4, 0.5) is 0 Å². The molecule has 2 aromatic rings. The lowest BCUT2D eigenvalue weighted by Crippen LogP contribution is -2.04. The number of carbonyl (C=O) groups is 1. The van der Waals surface area contributed by atoms with Crippen molar-refractivity contribution >= 4 is 11.9 Å². The first-order valence-electron chi connectivity index (χ1n) is 7.29. The first-order valence-corrected chi connectivity index (χ1v) is 7.29. The third-order valence-electron chi connectivity index (χ3n) is 3.04. The van der Waals surface area contributed by atoms with Crippen LogP contribution in [0.2, 0.25) is 0 Å². The van der Waals surface area contributed by atoms with Gasteiger partial charge in [0.15, 0.2) is 5.78 Å². The molecule has 0 aromatic heterocycles. The van der Waals surface area contributed by atoms with E-state index in [4.69, 9.17) is 4.74 Å². The number of phenolic OH excluding ortho intramolecular Hbond substituents is 1. The van der Waals surface area contributed by atoms with Gasteiger partial charge >= 0.3 is 0 Å². The standard InChI is InChI=1S/C19H20O3/c1-14(2)13-22-18-10-6-16(7-11-18)19(21)12-5-15-3-8-17(20)9-4-15/h3-12,14,20H,13H2,1-2H3/b12-5+. The molecule has 0 radical (unpaired) electrons. The van der Waals surface area contributed by atoms with E-state index < -0.39 is 0 Å². The minimum absolute atomic E-state index is 0.0662. The topological polar surface area (TPSA) is 46.5 Å². The molecule has 114 valence electrons. The van der Waals surface area contributed by atoms with Gasteiger partial charge in [-0.05, 0) is 54.0 Å². The van der Waals surface area contributed by atoms with Crippen molar-refractivity contribution in [3.63, 3.8) is 0 Å². The van der Waals surface area contributed by atoms with Gasteiger partial charge in [-0.1, -0.05) is 32.1 Å². The number of hydrogen-bond acceptors (Lipinski definition) is 3. The van der Waals surface area contributed by atoms with Gasteiger partial charge in [0, 0.05) is 5.56 Å². The molecule has 0 saturated heterocycles. The Labute approximate surface area is 130 Å². The molecule has 0 aliphatic rings. The first-order chi connectivity index (χ1) is 10.5. The summed E-state index contributed by atoms with van der Waals surface area (Å²) in [7, 11) is 0. The molecule has 0 saturated carbocycles. The van der Waals surface area contributed by atoms with Crippen molar-refractivity contribution in [1.29, 1.82) is 0 Å². The maximum Gasteiger partial charge on any atom is 0.185 e. The van der Waals surface area contributed by atoms with Crippen LogP contribution in [0.5, 0.6) is 11.5 Å². The lowest BCUT2D eigenvalue weighted by Gasteiger charge is -2.08. The summed E-state index contributed by atoms with van der Waals surface area (Å²) in [5.74, 6) is 1.38. The van der Waals surface area contributed by atoms with Crippen LogP contribution in [0.15, 0.2) is 54.6 Å². The maximum atomic E-state index is 12.1. The Morgan fingerprint density at radius 1 is 1.09 bits per heavy atom. The van der Waals surface area contributed by atoms with Gasteiger partial charge in [0.05, 0.1) is 6.61 Å². The molecule has 0 fully saturated rings. The fourth-order valence-corrected chi connectivity index (χ4v) is 1.83. The molecule has 2 rings (SSSR count). The van der Waals surface area contributed by atoms with E-state index in [0.717, 1.165) is 11.3 Å². The first kappa shape index (κ1) is 15.8. The van der Waals surface area contributed by atoms with Crippen LogP contribution in [0.25, 0.3) is 6.08 Å². The quantitative estimate of drug-likeness (QED) is 0.637. The molecule has 0 atom stereocenters. The van der Waals surface area contributed by atoms with Crippen molar-refractivity contribution in [3.05, 3.63) is 65.7 Å². The summed E-state index contributed by atoms with van der Waals surface area (Å²) in [6.07, 6.45) is 3.25. The van der Waals surface area contributed by atoms with Gasteiger partial charge < -0.3 is 9.84 Å². The molecule has 0 unspecified atom stereocenters. The molecule has 3 nitrogen and oxygen atoms in total. The largest absolute Gasteiger partial charge is 0.508 e. The predicted octanol–water partition coefficient (Wildman–Crippen LogP) is 4.32. The summed E-state index contributed by atoms with van der Waals surface area (Å²) in [4.78, 5) is 12.1. The third kappa shape index (κ3) is 4.77. The molecular formula is C19H20O3. The zero-order valence-corrected chi connectivity index (χ0v) is 12.8. The highest BCUT2D eigenvalue weighted by Gasteiger charge is 2.03. The second-order valence-corrected chi connectivity index (χ2v) is 5.52. The highest BCUT2D eigenvalue weighted by molar-refractivity contribution is 6.06. The second-order valence-electron chi connectivity index (χ2n) is 5.52. The highest BCUT2D eigenvalue weighted by atomic mass is 16.5. The van der Waals surface area contributed by atoms with Gasteiger partial charge in [0.1, 0.15) is 11.5 Å². The van der Waals surface area contributed by atoms with E-state index in [1.807, 2.05) is 12.1 Å². The molecule has 22 heavy (non-hydrogen) atoms. The van der Waals surface area contributed by atoms with Gasteiger partial charge in [-0.3, -0.25) is 4.79 Å². The van der Waals surface area contributed by atoms with Gasteiger partial charge in [-0.25, -0.2) is 0 Å². The van der Waals surface area contributed by atoms with E-state index in [-0.39, 0.29) is 11.5 Å². The number of hydrogen-bond donors (Lipinski definition) is 1. The number of aromatic hydroxyl groups is 1. The molecule has 1 N–H and O–H groups in total. The molecule has 3 heteroatoms. The Bertz CT molecular complexity index is 637. The Balaban J connectivity index is 1.98. The predicted molar refractivity (Wildman–Crippen MR) is 88.2 cm³/mol. The number of rotatable bonds is 6. The number of allylic oxidation sites excluding steroid dienone is 1. The van der Waals surface area contributed by atoms with Crippen LogP contribution < -0.4 is 4.74 Å². The fraction of sp³-hybridized carbons (Fsp3) is 0.211.